The van der Waals surface area contributed by atoms with Crippen molar-refractivity contribution in [1.29, 1.82) is 0 Å². The molecule has 4 nitrogen and oxygen atoms in total. The number of hydrogen-bond acceptors (Lipinski definition) is 3. The minimum atomic E-state index is -3.14. The maximum atomic E-state index is 11.6. The fraction of sp³-hybridized carbons (Fsp3) is 1.00. The van der Waals surface area contributed by atoms with Gasteiger partial charge in [0.1, 0.15) is 0 Å². The molecule has 0 atom stereocenters. The van der Waals surface area contributed by atoms with Crippen molar-refractivity contribution in [3.63, 3.8) is 0 Å². The summed E-state index contributed by atoms with van der Waals surface area (Å²) in [5.41, 5.74) is 0. The van der Waals surface area contributed by atoms with Gasteiger partial charge in [0, 0.05) is 19.7 Å². The predicted octanol–water partition coefficient (Wildman–Crippen LogP) is 0.429. The standard InChI is InChI=1S/C8H19NO3S/c1-4-9(6-5-7-10)13(11,12)8(2)3/h8,10H,4-7H2,1-3H3. The molecule has 13 heavy (non-hydrogen) atoms. The van der Waals surface area contributed by atoms with E-state index in [1.807, 2.05) is 0 Å². The first-order chi connectivity index (χ1) is 5.96. The van der Waals surface area contributed by atoms with Crippen LogP contribution in [-0.2, 0) is 10.0 Å². The molecule has 0 spiro atoms. The lowest BCUT2D eigenvalue weighted by Crippen LogP contribution is -2.37. The molecule has 1 N–H and O–H groups in total. The molecule has 0 unspecified atom stereocenters. The summed E-state index contributed by atoms with van der Waals surface area (Å²) in [7, 11) is -3.14. The lowest BCUT2D eigenvalue weighted by molar-refractivity contribution is 0.270. The van der Waals surface area contributed by atoms with E-state index < -0.39 is 10.0 Å². The predicted molar refractivity (Wildman–Crippen MR) is 53.0 cm³/mol. The molecule has 0 saturated heterocycles. The lowest BCUT2D eigenvalue weighted by atomic mass is 10.4. The third kappa shape index (κ3) is 3.62. The molecule has 0 aromatic rings. The molecular weight excluding hydrogens is 190 g/mol. The van der Waals surface area contributed by atoms with Crippen LogP contribution in [0.4, 0.5) is 0 Å². The average molecular weight is 209 g/mol. The number of hydrogen-bond donors (Lipinski definition) is 1. The van der Waals surface area contributed by atoms with Crippen LogP contribution in [0.25, 0.3) is 0 Å². The van der Waals surface area contributed by atoms with Crippen LogP contribution in [0.3, 0.4) is 0 Å². The van der Waals surface area contributed by atoms with E-state index in [-0.39, 0.29) is 11.9 Å². The number of sulfonamides is 1. The van der Waals surface area contributed by atoms with Crippen molar-refractivity contribution in [2.75, 3.05) is 19.7 Å². The summed E-state index contributed by atoms with van der Waals surface area (Å²) >= 11 is 0. The summed E-state index contributed by atoms with van der Waals surface area (Å²) in [6.07, 6.45) is 0.500. The SMILES string of the molecule is CCN(CCCO)S(=O)(=O)C(C)C. The van der Waals surface area contributed by atoms with Gasteiger partial charge >= 0.3 is 0 Å². The number of aliphatic hydroxyl groups excluding tert-OH is 1. The van der Waals surface area contributed by atoms with E-state index in [2.05, 4.69) is 0 Å². The highest BCUT2D eigenvalue weighted by atomic mass is 32.2. The monoisotopic (exact) mass is 209 g/mol. The van der Waals surface area contributed by atoms with Crippen LogP contribution >= 0.6 is 0 Å². The van der Waals surface area contributed by atoms with Gasteiger partial charge < -0.3 is 5.11 Å². The molecule has 0 aromatic heterocycles. The topological polar surface area (TPSA) is 57.6 Å². The molecule has 0 radical (unpaired) electrons. The summed E-state index contributed by atoms with van der Waals surface area (Å²) < 4.78 is 24.6. The Balaban J connectivity index is 4.39. The smallest absolute Gasteiger partial charge is 0.216 e. The van der Waals surface area contributed by atoms with Crippen molar-refractivity contribution in [3.05, 3.63) is 0 Å². The summed E-state index contributed by atoms with van der Waals surface area (Å²) in [5.74, 6) is 0. The van der Waals surface area contributed by atoms with Gasteiger partial charge in [0.25, 0.3) is 0 Å². The Morgan fingerprint density at radius 1 is 1.38 bits per heavy atom. The molecule has 0 rings (SSSR count). The Morgan fingerprint density at radius 3 is 2.23 bits per heavy atom. The second-order valence-corrected chi connectivity index (χ2v) is 5.65. The Hall–Kier alpha value is -0.130. The molecule has 0 aliphatic rings. The van der Waals surface area contributed by atoms with Crippen LogP contribution in [0.15, 0.2) is 0 Å². The summed E-state index contributed by atoms with van der Waals surface area (Å²) in [5, 5.41) is 8.21. The maximum absolute atomic E-state index is 11.6. The number of rotatable bonds is 6. The number of nitrogens with zero attached hydrogens (tertiary/aromatic N) is 1. The van der Waals surface area contributed by atoms with Gasteiger partial charge in [-0.05, 0) is 20.3 Å². The number of aliphatic hydroxyl groups is 1. The Labute approximate surface area is 80.6 Å². The first-order valence-electron chi connectivity index (χ1n) is 4.56. The molecule has 0 aliphatic carbocycles. The van der Waals surface area contributed by atoms with Gasteiger partial charge in [-0.25, -0.2) is 12.7 Å². The zero-order chi connectivity index (χ0) is 10.5. The molecule has 80 valence electrons. The van der Waals surface area contributed by atoms with E-state index in [9.17, 15) is 8.42 Å². The zero-order valence-corrected chi connectivity index (χ0v) is 9.34. The van der Waals surface area contributed by atoms with Crippen LogP contribution in [0.2, 0.25) is 0 Å². The molecule has 5 heteroatoms. The third-order valence-corrected chi connectivity index (χ3v) is 4.23. The van der Waals surface area contributed by atoms with Crippen molar-refractivity contribution in [2.24, 2.45) is 0 Å². The largest absolute Gasteiger partial charge is 0.396 e. The highest BCUT2D eigenvalue weighted by Gasteiger charge is 2.23. The highest BCUT2D eigenvalue weighted by Crippen LogP contribution is 2.08. The van der Waals surface area contributed by atoms with Gasteiger partial charge in [-0.15, -0.1) is 0 Å². The minimum Gasteiger partial charge on any atom is -0.396 e. The van der Waals surface area contributed by atoms with Crippen molar-refractivity contribution < 1.29 is 13.5 Å². The van der Waals surface area contributed by atoms with Gasteiger partial charge in [-0.3, -0.25) is 0 Å². The second-order valence-electron chi connectivity index (χ2n) is 3.16. The molecule has 0 amide bonds. The second kappa shape index (κ2) is 5.57. The van der Waals surface area contributed by atoms with E-state index in [1.54, 1.807) is 20.8 Å². The van der Waals surface area contributed by atoms with E-state index >= 15 is 0 Å². The van der Waals surface area contributed by atoms with Crippen molar-refractivity contribution in [2.45, 2.75) is 32.4 Å². The Bertz CT molecular complexity index is 224. The van der Waals surface area contributed by atoms with Crippen molar-refractivity contribution in [1.82, 2.24) is 4.31 Å². The van der Waals surface area contributed by atoms with Gasteiger partial charge in [-0.2, -0.15) is 0 Å². The van der Waals surface area contributed by atoms with Crippen LogP contribution in [0.1, 0.15) is 27.2 Å². The van der Waals surface area contributed by atoms with E-state index in [4.69, 9.17) is 5.11 Å². The zero-order valence-electron chi connectivity index (χ0n) is 8.52. The van der Waals surface area contributed by atoms with E-state index in [0.717, 1.165) is 0 Å². The van der Waals surface area contributed by atoms with Crippen LogP contribution in [0, 0.1) is 0 Å². The quantitative estimate of drug-likeness (QED) is 0.690. The van der Waals surface area contributed by atoms with Gasteiger partial charge in [0.2, 0.25) is 10.0 Å². The molecule has 0 fully saturated rings. The molecule has 0 bridgehead atoms. The Morgan fingerprint density at radius 2 is 1.92 bits per heavy atom. The molecule has 0 heterocycles. The summed E-state index contributed by atoms with van der Waals surface area (Å²) in [6, 6.07) is 0. The Kier molecular flexibility index (Phi) is 5.51. The van der Waals surface area contributed by atoms with E-state index in [0.29, 0.717) is 19.5 Å². The average Bonchev–Trinajstić information content (AvgIpc) is 2.05. The van der Waals surface area contributed by atoms with Crippen molar-refractivity contribution in [3.8, 4) is 0 Å². The van der Waals surface area contributed by atoms with Gasteiger partial charge in [-0.1, -0.05) is 6.92 Å². The minimum absolute atomic E-state index is 0.0319. The van der Waals surface area contributed by atoms with Crippen LogP contribution in [-0.4, -0.2) is 42.8 Å². The normalized spacial score (nSPS) is 12.8. The molecule has 0 saturated carbocycles. The lowest BCUT2D eigenvalue weighted by Gasteiger charge is -2.22. The maximum Gasteiger partial charge on any atom is 0.216 e. The molecule has 0 aliphatic heterocycles. The van der Waals surface area contributed by atoms with Crippen molar-refractivity contribution >= 4 is 10.0 Å². The first kappa shape index (κ1) is 12.9. The summed E-state index contributed by atoms with van der Waals surface area (Å²) in [4.78, 5) is 0. The summed E-state index contributed by atoms with van der Waals surface area (Å²) in [6.45, 7) is 6.04. The first-order valence-corrected chi connectivity index (χ1v) is 6.07. The van der Waals surface area contributed by atoms with Gasteiger partial charge in [0.05, 0.1) is 5.25 Å². The van der Waals surface area contributed by atoms with E-state index in [1.165, 1.54) is 4.31 Å². The molecule has 0 aromatic carbocycles. The van der Waals surface area contributed by atoms with Crippen LogP contribution < -0.4 is 0 Å². The third-order valence-electron chi connectivity index (χ3n) is 1.87. The fourth-order valence-corrected chi connectivity index (χ4v) is 2.35. The fourth-order valence-electron chi connectivity index (χ4n) is 1.01. The van der Waals surface area contributed by atoms with Crippen LogP contribution in [0.5, 0.6) is 0 Å². The highest BCUT2D eigenvalue weighted by molar-refractivity contribution is 7.89. The van der Waals surface area contributed by atoms with Gasteiger partial charge in [0.15, 0.2) is 0 Å². The molecular formula is C8H19NO3S.